The molecule has 10 heteroatoms. The number of ether oxygens (including phenoxy) is 1. The Kier molecular flexibility index (Phi) is 6.47. The van der Waals surface area contributed by atoms with E-state index in [-0.39, 0.29) is 11.5 Å². The number of hydrazine groups is 1. The number of amides is 1. The van der Waals surface area contributed by atoms with E-state index in [1.54, 1.807) is 13.3 Å². The zero-order valence-electron chi connectivity index (χ0n) is 19.2. The molecule has 0 aliphatic carbocycles. The van der Waals surface area contributed by atoms with Crippen LogP contribution >= 0.6 is 11.6 Å². The summed E-state index contributed by atoms with van der Waals surface area (Å²) >= 11 is 6.27. The van der Waals surface area contributed by atoms with Crippen LogP contribution in [0, 0.1) is 0 Å². The fourth-order valence-electron chi connectivity index (χ4n) is 4.73. The van der Waals surface area contributed by atoms with Crippen LogP contribution in [0.3, 0.4) is 0 Å². The number of hydrogen-bond acceptors (Lipinski definition) is 8. The van der Waals surface area contributed by atoms with Crippen molar-refractivity contribution in [3.8, 4) is 5.75 Å². The molecule has 2 fully saturated rings. The predicted octanol–water partition coefficient (Wildman–Crippen LogP) is 2.71. The van der Waals surface area contributed by atoms with Gasteiger partial charge in [-0.1, -0.05) is 16.8 Å². The molecule has 180 valence electrons. The number of aromatic nitrogens is 1. The van der Waals surface area contributed by atoms with E-state index in [4.69, 9.17) is 21.2 Å². The van der Waals surface area contributed by atoms with Gasteiger partial charge in [-0.2, -0.15) is 0 Å². The summed E-state index contributed by atoms with van der Waals surface area (Å²) in [4.78, 5) is 27.5. The Labute approximate surface area is 204 Å². The Morgan fingerprint density at radius 2 is 1.79 bits per heavy atom. The largest absolute Gasteiger partial charge is 0.497 e. The van der Waals surface area contributed by atoms with Crippen molar-refractivity contribution in [2.45, 2.75) is 24.9 Å². The molecule has 1 amide bonds. The molecule has 1 aromatic carbocycles. The lowest BCUT2D eigenvalue weighted by molar-refractivity contribution is -0.119. The van der Waals surface area contributed by atoms with Crippen molar-refractivity contribution in [1.82, 2.24) is 15.4 Å². The number of hydrogen-bond donors (Lipinski definition) is 1. The lowest BCUT2D eigenvalue weighted by Gasteiger charge is -2.38. The minimum Gasteiger partial charge on any atom is -0.497 e. The summed E-state index contributed by atoms with van der Waals surface area (Å²) in [5, 5.41) is 6.74. The summed E-state index contributed by atoms with van der Waals surface area (Å²) in [6.45, 7) is 4.52. The van der Waals surface area contributed by atoms with Crippen molar-refractivity contribution in [2.24, 2.45) is 5.16 Å². The van der Waals surface area contributed by atoms with E-state index in [1.165, 1.54) is 5.69 Å². The molecule has 3 aliphatic heterocycles. The Balaban J connectivity index is 1.09. The van der Waals surface area contributed by atoms with Crippen LogP contribution in [-0.2, 0) is 9.63 Å². The van der Waals surface area contributed by atoms with Gasteiger partial charge >= 0.3 is 0 Å². The number of nitrogens with one attached hydrogen (secondary N) is 1. The van der Waals surface area contributed by atoms with E-state index in [0.29, 0.717) is 30.2 Å². The third-order valence-electron chi connectivity index (χ3n) is 6.79. The number of benzene rings is 1. The molecule has 9 nitrogen and oxygen atoms in total. The molecule has 1 N–H and O–H groups in total. The number of piperazine rings is 1. The second kappa shape index (κ2) is 9.68. The van der Waals surface area contributed by atoms with Gasteiger partial charge in [0.25, 0.3) is 5.91 Å². The maximum absolute atomic E-state index is 12.9. The third-order valence-corrected chi connectivity index (χ3v) is 7.09. The zero-order valence-corrected chi connectivity index (χ0v) is 20.0. The van der Waals surface area contributed by atoms with E-state index in [1.807, 2.05) is 29.3 Å². The fraction of sp³-hybridized carbons (Fsp3) is 0.458. The molecule has 34 heavy (non-hydrogen) atoms. The summed E-state index contributed by atoms with van der Waals surface area (Å²) in [5.41, 5.74) is 4.24. The van der Waals surface area contributed by atoms with E-state index in [2.05, 4.69) is 37.5 Å². The molecule has 1 spiro atoms. The van der Waals surface area contributed by atoms with Gasteiger partial charge in [-0.3, -0.25) is 10.2 Å². The maximum atomic E-state index is 12.9. The van der Waals surface area contributed by atoms with Crippen LogP contribution in [0.2, 0.25) is 5.02 Å². The van der Waals surface area contributed by atoms with Crippen LogP contribution in [0.25, 0.3) is 0 Å². The zero-order chi connectivity index (χ0) is 23.5. The first-order valence-electron chi connectivity index (χ1n) is 11.6. The monoisotopic (exact) mass is 484 g/mol. The molecule has 5 rings (SSSR count). The number of methoxy groups -OCH3 is 1. The smallest absolute Gasteiger partial charge is 0.283 e. The van der Waals surface area contributed by atoms with Gasteiger partial charge in [0.2, 0.25) is 0 Å². The lowest BCUT2D eigenvalue weighted by atomic mass is 9.86. The Morgan fingerprint density at radius 3 is 2.47 bits per heavy atom. The predicted molar refractivity (Wildman–Crippen MR) is 131 cm³/mol. The number of rotatable bonds is 5. The Hall–Kier alpha value is -3.04. The number of piperidine rings is 1. The van der Waals surface area contributed by atoms with Gasteiger partial charge in [0.1, 0.15) is 22.9 Å². The first-order chi connectivity index (χ1) is 16.5. The number of carbonyl (C=O) groups is 1. The van der Waals surface area contributed by atoms with Crippen LogP contribution in [0.4, 0.5) is 11.5 Å². The normalized spacial score (nSPS) is 20.1. The highest BCUT2D eigenvalue weighted by Crippen LogP contribution is 2.36. The average Bonchev–Trinajstić information content (AvgIpc) is 3.29. The van der Waals surface area contributed by atoms with Gasteiger partial charge in [0.05, 0.1) is 12.1 Å². The molecule has 0 radical (unpaired) electrons. The van der Waals surface area contributed by atoms with Gasteiger partial charge in [0.15, 0.2) is 0 Å². The van der Waals surface area contributed by atoms with Gasteiger partial charge in [-0.25, -0.2) is 9.99 Å². The molecule has 4 heterocycles. The molecule has 2 saturated heterocycles. The first-order valence-corrected chi connectivity index (χ1v) is 12.0. The Morgan fingerprint density at radius 1 is 1.06 bits per heavy atom. The first kappa shape index (κ1) is 22.7. The molecule has 0 atom stereocenters. The standard InChI is InChI=1S/C24H29ClN6O3/c1-33-19-6-4-18(5-7-19)29-11-8-24(9-12-29)17-21(28-34-24)23(32)27-31-15-13-30(14-16-31)22-20(25)3-2-10-26-22/h2-7,10H,8-9,11-17H2,1H3,(H,27,32). The van der Waals surface area contributed by atoms with Crippen molar-refractivity contribution < 1.29 is 14.4 Å². The van der Waals surface area contributed by atoms with Gasteiger partial charge in [0, 0.05) is 70.4 Å². The molecule has 3 aliphatic rings. The summed E-state index contributed by atoms with van der Waals surface area (Å²) in [5.74, 6) is 1.45. The lowest BCUT2D eigenvalue weighted by Crippen LogP contribution is -2.55. The average molecular weight is 485 g/mol. The number of nitrogens with zero attached hydrogens (tertiary/aromatic N) is 5. The van der Waals surface area contributed by atoms with Crippen molar-refractivity contribution >= 4 is 34.7 Å². The quantitative estimate of drug-likeness (QED) is 0.698. The third kappa shape index (κ3) is 4.76. The minimum atomic E-state index is -0.385. The second-order valence-electron chi connectivity index (χ2n) is 8.90. The topological polar surface area (TPSA) is 82.5 Å². The van der Waals surface area contributed by atoms with Crippen LogP contribution in [0.1, 0.15) is 19.3 Å². The van der Waals surface area contributed by atoms with Crippen LogP contribution in [-0.4, -0.2) is 73.6 Å². The second-order valence-corrected chi connectivity index (χ2v) is 9.31. The molecular formula is C24H29ClN6O3. The van der Waals surface area contributed by atoms with Crippen LogP contribution < -0.4 is 20.0 Å². The highest BCUT2D eigenvalue weighted by Gasteiger charge is 2.44. The number of halogens is 1. The van der Waals surface area contributed by atoms with Crippen LogP contribution in [0.15, 0.2) is 47.8 Å². The SMILES string of the molecule is COc1ccc(N2CCC3(CC2)CC(C(=O)NN2CCN(c4ncccc4Cl)CC2)=NO3)cc1. The van der Waals surface area contributed by atoms with E-state index >= 15 is 0 Å². The minimum absolute atomic E-state index is 0.182. The van der Waals surface area contributed by atoms with Gasteiger partial charge < -0.3 is 19.4 Å². The van der Waals surface area contributed by atoms with Crippen molar-refractivity contribution in [1.29, 1.82) is 0 Å². The molecular weight excluding hydrogens is 456 g/mol. The number of oxime groups is 1. The van der Waals surface area contributed by atoms with Crippen molar-refractivity contribution in [3.05, 3.63) is 47.6 Å². The molecule has 0 saturated carbocycles. The molecule has 0 unspecified atom stereocenters. The maximum Gasteiger partial charge on any atom is 0.283 e. The number of pyridine rings is 1. The summed E-state index contributed by atoms with van der Waals surface area (Å²) < 4.78 is 5.25. The molecule has 0 bridgehead atoms. The summed E-state index contributed by atoms with van der Waals surface area (Å²) in [6.07, 6.45) is 3.93. The number of carbonyl (C=O) groups excluding carboxylic acids is 1. The molecule has 2 aromatic rings. The summed E-state index contributed by atoms with van der Waals surface area (Å²) in [7, 11) is 1.67. The Bertz CT molecular complexity index is 1050. The summed E-state index contributed by atoms with van der Waals surface area (Å²) in [6, 6.07) is 11.8. The number of anilines is 2. The highest BCUT2D eigenvalue weighted by atomic mass is 35.5. The highest BCUT2D eigenvalue weighted by molar-refractivity contribution is 6.39. The van der Waals surface area contributed by atoms with E-state index in [9.17, 15) is 4.79 Å². The van der Waals surface area contributed by atoms with Crippen LogP contribution in [0.5, 0.6) is 5.75 Å². The van der Waals surface area contributed by atoms with Crippen molar-refractivity contribution in [3.63, 3.8) is 0 Å². The van der Waals surface area contributed by atoms with Gasteiger partial charge in [-0.05, 0) is 36.4 Å². The van der Waals surface area contributed by atoms with E-state index in [0.717, 1.165) is 50.6 Å². The fourth-order valence-corrected chi connectivity index (χ4v) is 4.97. The van der Waals surface area contributed by atoms with Crippen molar-refractivity contribution in [2.75, 3.05) is 56.2 Å². The van der Waals surface area contributed by atoms with E-state index < -0.39 is 0 Å². The molecule has 1 aromatic heterocycles. The van der Waals surface area contributed by atoms with Gasteiger partial charge in [-0.15, -0.1) is 0 Å².